The van der Waals surface area contributed by atoms with Gasteiger partial charge >= 0.3 is 0 Å². The van der Waals surface area contributed by atoms with Crippen LogP contribution in [0.25, 0.3) is 0 Å². The molecule has 2 rings (SSSR count). The van der Waals surface area contributed by atoms with E-state index in [4.69, 9.17) is 18.9 Å². The van der Waals surface area contributed by atoms with Crippen molar-refractivity contribution in [2.75, 3.05) is 19.8 Å². The molecule has 0 aromatic rings. The van der Waals surface area contributed by atoms with Gasteiger partial charge in [0.1, 0.15) is 48.8 Å². The largest absolute Gasteiger partial charge is 0.394 e. The molecule has 0 radical (unpaired) electrons. The van der Waals surface area contributed by atoms with E-state index >= 15 is 0 Å². The van der Waals surface area contributed by atoms with Crippen LogP contribution in [0.1, 0.15) is 271 Å². The number of rotatable bonds is 58. The molecule has 2 aliphatic rings. The molecule has 0 aliphatic carbocycles. The van der Waals surface area contributed by atoms with Crippen molar-refractivity contribution in [3.8, 4) is 0 Å². The minimum atomic E-state index is -1.80. The number of hydrogen-bond donors (Lipinski definition) is 9. The van der Waals surface area contributed by atoms with Gasteiger partial charge in [0, 0.05) is 6.42 Å². The summed E-state index contributed by atoms with van der Waals surface area (Å²) in [5, 5.41) is 87.3. The maximum absolute atomic E-state index is 13.3. The molecule has 12 unspecified atom stereocenters. The zero-order valence-electron chi connectivity index (χ0n) is 56.3. The minimum Gasteiger partial charge on any atom is -0.394 e. The number of unbranched alkanes of at least 4 members (excludes halogenated alkanes) is 29. The molecule has 1 amide bonds. The van der Waals surface area contributed by atoms with Crippen LogP contribution in [0.3, 0.4) is 0 Å². The van der Waals surface area contributed by atoms with E-state index in [1.807, 2.05) is 6.08 Å². The maximum atomic E-state index is 13.3. The van der Waals surface area contributed by atoms with E-state index in [-0.39, 0.29) is 18.9 Å². The van der Waals surface area contributed by atoms with Gasteiger partial charge in [-0.05, 0) is 96.3 Å². The molecule has 9 N–H and O–H groups in total. The van der Waals surface area contributed by atoms with Crippen LogP contribution in [0.2, 0.25) is 0 Å². The van der Waals surface area contributed by atoms with Crippen LogP contribution in [0.4, 0.5) is 0 Å². The third kappa shape index (κ3) is 42.8. The molecule has 0 spiro atoms. The van der Waals surface area contributed by atoms with E-state index in [0.29, 0.717) is 12.8 Å². The van der Waals surface area contributed by atoms with Crippen LogP contribution in [-0.4, -0.2) is 140 Å². The topological polar surface area (TPSA) is 228 Å². The zero-order chi connectivity index (χ0) is 65.2. The molecule has 0 aromatic carbocycles. The first-order chi connectivity index (χ1) is 44.1. The van der Waals surface area contributed by atoms with E-state index < -0.39 is 86.8 Å². The molecule has 0 aromatic heterocycles. The predicted molar refractivity (Wildman–Crippen MR) is 369 cm³/mol. The van der Waals surface area contributed by atoms with Gasteiger partial charge < -0.3 is 65.1 Å². The smallest absolute Gasteiger partial charge is 0.220 e. The van der Waals surface area contributed by atoms with Crippen LogP contribution in [-0.2, 0) is 23.7 Å². The molecule has 0 saturated carbocycles. The lowest BCUT2D eigenvalue weighted by atomic mass is 9.97. The van der Waals surface area contributed by atoms with Crippen molar-refractivity contribution in [2.45, 2.75) is 344 Å². The summed E-state index contributed by atoms with van der Waals surface area (Å²) in [6.45, 7) is 2.66. The summed E-state index contributed by atoms with van der Waals surface area (Å²) in [6.07, 6.45) is 68.7. The Kier molecular flexibility index (Phi) is 54.6. The molecule has 518 valence electrons. The van der Waals surface area contributed by atoms with Crippen molar-refractivity contribution in [1.29, 1.82) is 0 Å². The van der Waals surface area contributed by atoms with Crippen LogP contribution in [0.15, 0.2) is 109 Å². The monoisotopic (exact) mass is 1270 g/mol. The fraction of sp³-hybridized carbons (Fsp3) is 0.750. The van der Waals surface area contributed by atoms with E-state index in [0.717, 1.165) is 83.5 Å². The molecule has 14 nitrogen and oxygen atoms in total. The Hall–Kier alpha value is -3.35. The fourth-order valence-corrected chi connectivity index (χ4v) is 11.2. The average molecular weight is 1270 g/mol. The highest BCUT2D eigenvalue weighted by Crippen LogP contribution is 2.30. The lowest BCUT2D eigenvalue weighted by Crippen LogP contribution is -2.65. The Morgan fingerprint density at radius 3 is 1.22 bits per heavy atom. The Morgan fingerprint density at radius 2 is 0.778 bits per heavy atom. The number of aliphatic hydroxyl groups is 8. The molecule has 12 atom stereocenters. The summed E-state index contributed by atoms with van der Waals surface area (Å²) in [6, 6.07) is -0.942. The maximum Gasteiger partial charge on any atom is 0.220 e. The summed E-state index contributed by atoms with van der Waals surface area (Å²) in [7, 11) is 0. The molecule has 2 heterocycles. The first-order valence-electron chi connectivity index (χ1n) is 36.1. The molecule has 2 saturated heterocycles. The fourth-order valence-electron chi connectivity index (χ4n) is 11.2. The second-order valence-electron chi connectivity index (χ2n) is 25.0. The van der Waals surface area contributed by atoms with Crippen molar-refractivity contribution in [3.63, 3.8) is 0 Å². The second-order valence-corrected chi connectivity index (χ2v) is 25.0. The Morgan fingerprint density at radius 1 is 0.411 bits per heavy atom. The molecule has 14 heteroatoms. The minimum absolute atomic E-state index is 0.253. The van der Waals surface area contributed by atoms with Gasteiger partial charge in [-0.3, -0.25) is 4.79 Å². The van der Waals surface area contributed by atoms with Crippen LogP contribution in [0.5, 0.6) is 0 Å². The molecule has 2 aliphatic heterocycles. The molecule has 2 fully saturated rings. The van der Waals surface area contributed by atoms with E-state index in [1.54, 1.807) is 6.08 Å². The van der Waals surface area contributed by atoms with Crippen molar-refractivity contribution in [3.05, 3.63) is 109 Å². The van der Waals surface area contributed by atoms with Crippen LogP contribution >= 0.6 is 0 Å². The molecular weight excluding hydrogens is 1130 g/mol. The summed E-state index contributed by atoms with van der Waals surface area (Å²) in [5.41, 5.74) is 0. The van der Waals surface area contributed by atoms with Crippen molar-refractivity contribution in [1.82, 2.24) is 5.32 Å². The van der Waals surface area contributed by atoms with Gasteiger partial charge in [-0.15, -0.1) is 0 Å². The van der Waals surface area contributed by atoms with Crippen LogP contribution < -0.4 is 5.32 Å². The van der Waals surface area contributed by atoms with Gasteiger partial charge in [-0.25, -0.2) is 0 Å². The average Bonchev–Trinajstić information content (AvgIpc) is 1.04. The van der Waals surface area contributed by atoms with Gasteiger partial charge in [-0.1, -0.05) is 277 Å². The van der Waals surface area contributed by atoms with Gasteiger partial charge in [-0.2, -0.15) is 0 Å². The van der Waals surface area contributed by atoms with Gasteiger partial charge in [0.2, 0.25) is 5.91 Å². The normalized spacial score (nSPS) is 23.6. The third-order valence-corrected chi connectivity index (χ3v) is 16.9. The highest BCUT2D eigenvalue weighted by atomic mass is 16.7. The molecular formula is C76H131NO13. The lowest BCUT2D eigenvalue weighted by Gasteiger charge is -2.46. The van der Waals surface area contributed by atoms with Gasteiger partial charge in [0.05, 0.1) is 32.0 Å². The standard InChI is InChI=1S/C76H131NO13/c1-3-5-7-9-11-13-15-17-19-21-22-23-24-25-26-27-28-29-30-31-32-33-34-35-36-37-38-39-40-41-42-44-46-48-50-52-54-56-58-60-68(81)77-64(65(80)59-57-55-53-51-49-47-45-43-20-18-16-14-12-10-8-6-4-2)63-87-75-73(86)71(84)74(67(62-79)89-75)90-76-72(85)70(83)69(82)66(61-78)88-76/h5,7,11,13,17,19-20,22-23,25-26,28-29,43,49,51,57,59,64-67,69-76,78-80,82-86H,3-4,6,8-10,12,14-16,18,21,24,27,30-42,44-48,50,52-56,58,60-63H2,1-2H3,(H,77,81)/b7-5-,13-11-,19-17-,23-22-,26-25-,29-28-,43-20+,51-49+,59-57+. The van der Waals surface area contributed by atoms with E-state index in [9.17, 15) is 45.6 Å². The molecule has 0 bridgehead atoms. The SMILES string of the molecule is CC/C=C\C/C=C\C/C=C\C/C=C\C/C=C\C/C=C\CCCCCCCCCCCCCCCCCCCCCCC(=O)NC(COC1OC(CO)C(OC2OC(CO)C(O)C(O)C2O)C(O)C1O)C(O)/C=C/CC/C=C/CC/C=C/CCCCCCCCC. The Bertz CT molecular complexity index is 1930. The lowest BCUT2D eigenvalue weighted by molar-refractivity contribution is -0.359. The summed E-state index contributed by atoms with van der Waals surface area (Å²) < 4.78 is 22.8. The number of allylic oxidation sites excluding steroid dienone is 17. The second kappa shape index (κ2) is 59.4. The van der Waals surface area contributed by atoms with Gasteiger partial charge in [0.25, 0.3) is 0 Å². The number of nitrogens with one attached hydrogen (secondary N) is 1. The van der Waals surface area contributed by atoms with Gasteiger partial charge in [0.15, 0.2) is 12.6 Å². The number of hydrogen-bond acceptors (Lipinski definition) is 13. The quantitative estimate of drug-likeness (QED) is 0.0204. The zero-order valence-corrected chi connectivity index (χ0v) is 56.3. The number of amides is 1. The Labute approximate surface area is 546 Å². The van der Waals surface area contributed by atoms with E-state index in [2.05, 4.69) is 116 Å². The summed E-state index contributed by atoms with van der Waals surface area (Å²) in [5.74, 6) is -0.253. The number of carbonyl (C=O) groups is 1. The highest BCUT2D eigenvalue weighted by Gasteiger charge is 2.51. The van der Waals surface area contributed by atoms with Crippen LogP contribution in [0, 0.1) is 0 Å². The van der Waals surface area contributed by atoms with E-state index in [1.165, 1.54) is 154 Å². The summed E-state index contributed by atoms with van der Waals surface area (Å²) in [4.78, 5) is 13.3. The van der Waals surface area contributed by atoms with Crippen molar-refractivity contribution < 1.29 is 64.6 Å². The highest BCUT2D eigenvalue weighted by molar-refractivity contribution is 5.76. The first-order valence-corrected chi connectivity index (χ1v) is 36.1. The Balaban J connectivity index is 1.60. The molecule has 90 heavy (non-hydrogen) atoms. The number of ether oxygens (including phenoxy) is 4. The summed E-state index contributed by atoms with van der Waals surface area (Å²) >= 11 is 0. The first kappa shape index (κ1) is 82.7. The van der Waals surface area contributed by atoms with Crippen molar-refractivity contribution >= 4 is 5.91 Å². The third-order valence-electron chi connectivity index (χ3n) is 16.9. The van der Waals surface area contributed by atoms with Crippen molar-refractivity contribution in [2.24, 2.45) is 0 Å². The predicted octanol–water partition coefficient (Wildman–Crippen LogP) is 15.1. The number of carbonyl (C=O) groups excluding carboxylic acids is 1. The number of aliphatic hydroxyl groups excluding tert-OH is 8.